The number of hydrogen-bond acceptors (Lipinski definition) is 1. The first-order valence-corrected chi connectivity index (χ1v) is 1.27. The van der Waals surface area contributed by atoms with E-state index in [9.17, 15) is 4.79 Å². The summed E-state index contributed by atoms with van der Waals surface area (Å²) in [6.07, 6.45) is 0. The van der Waals surface area contributed by atoms with Crippen molar-refractivity contribution in [3.63, 3.8) is 0 Å². The Balaban J connectivity index is -0.00000000450. The van der Waals surface area contributed by atoms with Crippen LogP contribution in [0.25, 0.3) is 0 Å². The molecular formula is C2H3Cl5OTi. The van der Waals surface area contributed by atoms with Gasteiger partial charge in [-0.3, -0.25) is 4.79 Å². The van der Waals surface area contributed by atoms with Gasteiger partial charge in [-0.05, 0) is 11.6 Å². The Labute approximate surface area is 99.2 Å². The van der Waals surface area contributed by atoms with Gasteiger partial charge in [0.1, 0.15) is 0 Å². The third kappa shape index (κ3) is 179. The van der Waals surface area contributed by atoms with E-state index in [2.05, 4.69) is 11.6 Å². The monoisotopic (exact) mass is 266 g/mol. The molecule has 7 heteroatoms. The van der Waals surface area contributed by atoms with Crippen molar-refractivity contribution in [3.05, 3.63) is 0 Å². The minimum absolute atomic E-state index is 0. The Morgan fingerprint density at radius 1 is 1.11 bits per heavy atom. The summed E-state index contributed by atoms with van der Waals surface area (Å²) >= 11 is 4.64. The minimum Gasteiger partial charge on any atom is -1.00 e. The van der Waals surface area contributed by atoms with Gasteiger partial charge in [0.25, 0.3) is 0 Å². The first-order valence-electron chi connectivity index (χ1n) is 0.893. The van der Waals surface area contributed by atoms with Crippen molar-refractivity contribution in [2.24, 2.45) is 0 Å². The molecule has 0 aliphatic heterocycles. The van der Waals surface area contributed by atoms with E-state index in [1.807, 2.05) is 0 Å². The summed E-state index contributed by atoms with van der Waals surface area (Å²) in [7, 11) is 0. The second kappa shape index (κ2) is 32.8. The van der Waals surface area contributed by atoms with Crippen molar-refractivity contribution in [2.45, 2.75) is 6.92 Å². The number of rotatable bonds is 0. The Kier molecular flexibility index (Phi) is 164. The minimum atomic E-state index is -0.361. The van der Waals surface area contributed by atoms with Gasteiger partial charge >= 0.3 is 21.7 Å². The van der Waals surface area contributed by atoms with Crippen molar-refractivity contribution in [1.29, 1.82) is 0 Å². The van der Waals surface area contributed by atoms with Gasteiger partial charge in [-0.2, -0.15) is 0 Å². The van der Waals surface area contributed by atoms with E-state index in [1.54, 1.807) is 0 Å². The van der Waals surface area contributed by atoms with E-state index in [-0.39, 0.29) is 76.6 Å². The SMILES string of the molecule is CC(=O)Cl.[Cl-].[Cl-].[Cl-].[Cl-].[Ti+4]. The van der Waals surface area contributed by atoms with Crippen molar-refractivity contribution >= 4 is 16.8 Å². The molecule has 0 radical (unpaired) electrons. The largest absolute Gasteiger partial charge is 4.00 e. The van der Waals surface area contributed by atoms with Crippen LogP contribution in [0.2, 0.25) is 0 Å². The van der Waals surface area contributed by atoms with Crippen LogP contribution in [0.5, 0.6) is 0 Å². The molecule has 0 spiro atoms. The quantitative estimate of drug-likeness (QED) is 0.315. The van der Waals surface area contributed by atoms with Crippen molar-refractivity contribution in [3.8, 4) is 0 Å². The topological polar surface area (TPSA) is 17.1 Å². The van der Waals surface area contributed by atoms with E-state index in [0.29, 0.717) is 0 Å². The van der Waals surface area contributed by atoms with Crippen LogP contribution in [-0.4, -0.2) is 5.24 Å². The van der Waals surface area contributed by atoms with Crippen LogP contribution in [0.15, 0.2) is 0 Å². The third-order valence-electron chi connectivity index (χ3n) is 0. The predicted octanol–water partition coefficient (Wildman–Crippen LogP) is -11.2. The molecular weight excluding hydrogens is 265 g/mol. The van der Waals surface area contributed by atoms with E-state index in [4.69, 9.17) is 0 Å². The molecule has 0 N–H and O–H groups in total. The smallest absolute Gasteiger partial charge is 1.00 e. The number of halogens is 5. The Morgan fingerprint density at radius 3 is 1.11 bits per heavy atom. The van der Waals surface area contributed by atoms with Gasteiger partial charge < -0.3 is 49.6 Å². The van der Waals surface area contributed by atoms with Crippen LogP contribution in [0, 0.1) is 0 Å². The Bertz CT molecular complexity index is 37.9. The molecule has 0 atom stereocenters. The molecule has 0 bridgehead atoms. The first-order chi connectivity index (χ1) is 1.73. The van der Waals surface area contributed by atoms with Gasteiger partial charge in [0.05, 0.1) is 0 Å². The molecule has 0 unspecified atom stereocenters. The standard InChI is InChI=1S/C2H3ClO.4ClH.Ti/c1-2(3)4;;;;;/h1H3;4*1H;/q;;;;;+4/p-4. The molecule has 0 saturated carbocycles. The van der Waals surface area contributed by atoms with Gasteiger partial charge in [0.15, 0.2) is 0 Å². The average molecular weight is 268 g/mol. The average Bonchev–Trinajstić information content (AvgIpc) is 0.811. The molecule has 0 aromatic carbocycles. The molecule has 0 rings (SSSR count). The zero-order valence-corrected chi connectivity index (χ0v) is 9.64. The van der Waals surface area contributed by atoms with Gasteiger partial charge in [0.2, 0.25) is 5.24 Å². The fraction of sp³-hybridized carbons (Fsp3) is 0.500. The summed E-state index contributed by atoms with van der Waals surface area (Å²) in [4.78, 5) is 9.21. The molecule has 0 aromatic heterocycles. The summed E-state index contributed by atoms with van der Waals surface area (Å²) in [5, 5.41) is -0.361. The zero-order valence-electron chi connectivity index (χ0n) is 4.30. The summed E-state index contributed by atoms with van der Waals surface area (Å²) < 4.78 is 0. The van der Waals surface area contributed by atoms with Crippen molar-refractivity contribution in [2.75, 3.05) is 0 Å². The first kappa shape index (κ1) is 44.8. The molecule has 9 heavy (non-hydrogen) atoms. The van der Waals surface area contributed by atoms with E-state index >= 15 is 0 Å². The van der Waals surface area contributed by atoms with Crippen LogP contribution in [0.1, 0.15) is 6.92 Å². The Hall–Kier alpha value is 1.83. The molecule has 56 valence electrons. The van der Waals surface area contributed by atoms with Crippen molar-refractivity contribution in [1.82, 2.24) is 0 Å². The number of hydrogen-bond donors (Lipinski definition) is 0. The van der Waals surface area contributed by atoms with E-state index in [1.165, 1.54) is 6.92 Å². The summed E-state index contributed by atoms with van der Waals surface area (Å²) in [5.74, 6) is 0. The number of carbonyl (C=O) groups excluding carboxylic acids is 1. The van der Waals surface area contributed by atoms with Gasteiger partial charge in [0, 0.05) is 6.92 Å². The molecule has 0 aliphatic rings. The molecule has 0 saturated heterocycles. The number of carbonyl (C=O) groups is 1. The van der Waals surface area contributed by atoms with Crippen LogP contribution >= 0.6 is 11.6 Å². The maximum Gasteiger partial charge on any atom is 4.00 e. The predicted molar refractivity (Wildman–Crippen MR) is 16.5 cm³/mol. The molecule has 0 aliphatic carbocycles. The summed E-state index contributed by atoms with van der Waals surface area (Å²) in [6.45, 7) is 1.29. The molecule has 0 fully saturated rings. The zero-order chi connectivity index (χ0) is 3.58. The van der Waals surface area contributed by atoms with Crippen LogP contribution in [0.4, 0.5) is 0 Å². The molecule has 0 heterocycles. The normalized spacial score (nSPS) is 2.89. The summed E-state index contributed by atoms with van der Waals surface area (Å²) in [6, 6.07) is 0. The summed E-state index contributed by atoms with van der Waals surface area (Å²) in [5.41, 5.74) is 0. The fourth-order valence-electron chi connectivity index (χ4n) is 0. The molecule has 1 nitrogen and oxygen atoms in total. The van der Waals surface area contributed by atoms with Gasteiger partial charge in [-0.25, -0.2) is 0 Å². The maximum atomic E-state index is 9.21. The fourth-order valence-corrected chi connectivity index (χ4v) is 0. The maximum absolute atomic E-state index is 9.21. The van der Waals surface area contributed by atoms with E-state index < -0.39 is 0 Å². The van der Waals surface area contributed by atoms with E-state index in [0.717, 1.165) is 0 Å². The van der Waals surface area contributed by atoms with Gasteiger partial charge in [-0.15, -0.1) is 0 Å². The van der Waals surface area contributed by atoms with Gasteiger partial charge in [-0.1, -0.05) is 0 Å². The second-order valence-electron chi connectivity index (χ2n) is 0.470. The molecule has 0 aromatic rings. The van der Waals surface area contributed by atoms with Crippen LogP contribution in [-0.2, 0) is 26.5 Å². The van der Waals surface area contributed by atoms with Crippen LogP contribution in [0.3, 0.4) is 0 Å². The third-order valence-corrected chi connectivity index (χ3v) is 0. The Morgan fingerprint density at radius 2 is 1.11 bits per heavy atom. The molecule has 0 amide bonds. The van der Waals surface area contributed by atoms with Crippen molar-refractivity contribution < 1.29 is 76.1 Å². The van der Waals surface area contributed by atoms with Crippen LogP contribution < -0.4 is 49.6 Å². The second-order valence-corrected chi connectivity index (χ2v) is 1.00.